The van der Waals surface area contributed by atoms with Crippen molar-refractivity contribution in [1.29, 1.82) is 0 Å². The molecule has 2 aromatic carbocycles. The van der Waals surface area contributed by atoms with Gasteiger partial charge in [0.15, 0.2) is 0 Å². The second kappa shape index (κ2) is 17.0. The highest BCUT2D eigenvalue weighted by Crippen LogP contribution is 2.35. The van der Waals surface area contributed by atoms with E-state index < -0.39 is 24.3 Å². The molecular formula is C42H50N10O6. The number of H-pyrrole nitrogens is 2. The van der Waals surface area contributed by atoms with Gasteiger partial charge in [-0.1, -0.05) is 58.0 Å². The van der Waals surface area contributed by atoms with Crippen LogP contribution in [0.5, 0.6) is 0 Å². The fourth-order valence-corrected chi connectivity index (χ4v) is 7.83. The average Bonchev–Trinajstić information content (AvgIpc) is 4.07. The Morgan fingerprint density at radius 3 is 1.64 bits per heavy atom. The van der Waals surface area contributed by atoms with Crippen LogP contribution in [0.15, 0.2) is 61.1 Å². The topological polar surface area (TPSA) is 200 Å². The van der Waals surface area contributed by atoms with Crippen molar-refractivity contribution < 1.29 is 28.7 Å². The molecule has 2 fully saturated rings. The summed E-state index contributed by atoms with van der Waals surface area (Å²) in [4.78, 5) is 80.5. The highest BCUT2D eigenvalue weighted by Gasteiger charge is 2.39. The zero-order valence-corrected chi connectivity index (χ0v) is 33.6. The number of aromatic nitrogens is 6. The van der Waals surface area contributed by atoms with E-state index >= 15 is 0 Å². The molecule has 3 aromatic heterocycles. The number of hydrogen-bond donors (Lipinski definition) is 4. The molecule has 4 N–H and O–H groups in total. The van der Waals surface area contributed by atoms with Gasteiger partial charge in [0.05, 0.1) is 73.0 Å². The number of alkyl carbamates (subject to hydrolysis) is 2. The van der Waals surface area contributed by atoms with Gasteiger partial charge in [-0.3, -0.25) is 14.6 Å². The number of methoxy groups -OCH3 is 2. The highest BCUT2D eigenvalue weighted by molar-refractivity contribution is 5.87. The maximum Gasteiger partial charge on any atom is 0.407 e. The second-order valence-corrected chi connectivity index (χ2v) is 15.5. The fourth-order valence-electron chi connectivity index (χ4n) is 7.83. The first-order valence-electron chi connectivity index (χ1n) is 19.7. The van der Waals surface area contributed by atoms with Crippen molar-refractivity contribution in [2.75, 3.05) is 27.3 Å². The van der Waals surface area contributed by atoms with Crippen LogP contribution in [-0.4, -0.2) is 103 Å². The smallest absolute Gasteiger partial charge is 0.407 e. The van der Waals surface area contributed by atoms with E-state index in [1.54, 1.807) is 28.4 Å². The Morgan fingerprint density at radius 1 is 0.655 bits per heavy atom. The lowest BCUT2D eigenvalue weighted by Crippen LogP contribution is -2.51. The molecule has 5 aromatic rings. The van der Waals surface area contributed by atoms with Crippen molar-refractivity contribution in [3.63, 3.8) is 0 Å². The monoisotopic (exact) mass is 790 g/mol. The molecular weight excluding hydrogens is 741 g/mol. The molecule has 4 atom stereocenters. The van der Waals surface area contributed by atoms with Crippen LogP contribution in [0, 0.1) is 11.8 Å². The third-order valence-corrected chi connectivity index (χ3v) is 11.0. The lowest BCUT2D eigenvalue weighted by atomic mass is 10.0. The first-order valence-corrected chi connectivity index (χ1v) is 19.7. The summed E-state index contributed by atoms with van der Waals surface area (Å²) in [6.45, 7) is 8.74. The Hall–Kier alpha value is -6.32. The predicted molar refractivity (Wildman–Crippen MR) is 216 cm³/mol. The van der Waals surface area contributed by atoms with Crippen LogP contribution in [0.3, 0.4) is 0 Å². The van der Waals surface area contributed by atoms with Crippen molar-refractivity contribution in [2.45, 2.75) is 77.5 Å². The van der Waals surface area contributed by atoms with E-state index in [-0.39, 0.29) is 35.7 Å². The molecule has 2 aliphatic heterocycles. The minimum absolute atomic E-state index is 0.114. The van der Waals surface area contributed by atoms with E-state index in [1.807, 2.05) is 70.2 Å². The minimum atomic E-state index is -0.703. The molecule has 16 heteroatoms. The third-order valence-electron chi connectivity index (χ3n) is 11.0. The molecule has 7 rings (SSSR count). The van der Waals surface area contributed by atoms with Gasteiger partial charge in [0.25, 0.3) is 0 Å². The summed E-state index contributed by atoms with van der Waals surface area (Å²) in [6.07, 6.45) is 7.24. The number of rotatable bonds is 11. The Bertz CT molecular complexity index is 2290. The number of carbonyl (C=O) groups is 4. The van der Waals surface area contributed by atoms with Crippen LogP contribution < -0.4 is 10.6 Å². The van der Waals surface area contributed by atoms with Crippen LogP contribution in [-0.2, 0) is 19.1 Å². The molecule has 4 amide bonds. The number of nitrogens with zero attached hydrogens (tertiary/aromatic N) is 6. The Kier molecular flexibility index (Phi) is 11.7. The summed E-state index contributed by atoms with van der Waals surface area (Å²) < 4.78 is 9.51. The van der Waals surface area contributed by atoms with Crippen LogP contribution in [0.2, 0.25) is 0 Å². The number of carbonyl (C=O) groups excluding carboxylic acids is 4. The van der Waals surface area contributed by atoms with Crippen LogP contribution >= 0.6 is 0 Å². The van der Waals surface area contributed by atoms with Gasteiger partial charge in [-0.15, -0.1) is 0 Å². The van der Waals surface area contributed by atoms with Gasteiger partial charge in [0.1, 0.15) is 23.7 Å². The number of amides is 4. The summed E-state index contributed by atoms with van der Waals surface area (Å²) in [6, 6.07) is 12.0. The summed E-state index contributed by atoms with van der Waals surface area (Å²) >= 11 is 0. The number of nitrogens with one attached hydrogen (secondary N) is 4. The van der Waals surface area contributed by atoms with Crippen molar-refractivity contribution >= 4 is 35.0 Å². The summed E-state index contributed by atoms with van der Waals surface area (Å²) in [5.74, 6) is 0.860. The third kappa shape index (κ3) is 8.22. The summed E-state index contributed by atoms with van der Waals surface area (Å²) in [7, 11) is 2.57. The Morgan fingerprint density at radius 2 is 1.14 bits per heavy atom. The van der Waals surface area contributed by atoms with Gasteiger partial charge in [0, 0.05) is 24.2 Å². The summed E-state index contributed by atoms with van der Waals surface area (Å²) in [5.41, 5.74) is 6.56. The standard InChI is InChI=1S/C42H50N10O6/c1-23(2)35(49-41(55)57-5)39(53)51-17-7-9-33(51)37-44-21-31(47-37)26-13-11-25(12-14-26)30-20-43-29-19-27(15-16-28(29)46-30)32-22-45-38(48-32)34-10-8-18-52(34)40(54)36(24(3)4)50-42(56)58-6/h11-16,19-24,33-36H,7-10,17-18H2,1-6H3,(H,44,47)(H,45,48)(H,49,55)(H,50,56)/t33-,34+,35-,36+/m1/s1. The molecule has 2 aliphatic rings. The van der Waals surface area contributed by atoms with Crippen LogP contribution in [0.25, 0.3) is 44.8 Å². The van der Waals surface area contributed by atoms with Gasteiger partial charge in [-0.2, -0.15) is 0 Å². The van der Waals surface area contributed by atoms with E-state index in [0.717, 1.165) is 70.5 Å². The number of likely N-dealkylation sites (tertiary alicyclic amines) is 2. The zero-order chi connectivity index (χ0) is 41.1. The molecule has 2 saturated heterocycles. The van der Waals surface area contributed by atoms with Gasteiger partial charge in [0.2, 0.25) is 11.8 Å². The van der Waals surface area contributed by atoms with E-state index in [4.69, 9.17) is 19.4 Å². The fraction of sp³-hybridized carbons (Fsp3) is 0.429. The molecule has 0 unspecified atom stereocenters. The number of fused-ring (bicyclic) bond motifs is 1. The largest absolute Gasteiger partial charge is 0.453 e. The number of aromatic amines is 2. The van der Waals surface area contributed by atoms with E-state index in [2.05, 4.69) is 30.6 Å². The average molecular weight is 791 g/mol. The lowest BCUT2D eigenvalue weighted by Gasteiger charge is -2.30. The van der Waals surface area contributed by atoms with E-state index in [1.165, 1.54) is 14.2 Å². The molecule has 0 spiro atoms. The Balaban J connectivity index is 1.02. The SMILES string of the molecule is COC(=O)N[C@H](C(=O)N1CCC[C@H]1c1ncc(-c2ccc3nc(-c4ccc(-c5cnc([C@H]6CCCN6C(=O)[C@H](NC(=O)OC)C(C)C)[nH]5)cc4)cnc3c2)[nH]1)C(C)C. The molecule has 0 saturated carbocycles. The maximum atomic E-state index is 13.6. The number of hydrogen-bond acceptors (Lipinski definition) is 10. The maximum absolute atomic E-state index is 13.6. The molecule has 0 bridgehead atoms. The minimum Gasteiger partial charge on any atom is -0.453 e. The first-order chi connectivity index (χ1) is 27.9. The van der Waals surface area contributed by atoms with Crippen LogP contribution in [0.4, 0.5) is 9.59 Å². The zero-order valence-electron chi connectivity index (χ0n) is 33.6. The molecule has 16 nitrogen and oxygen atoms in total. The molecule has 304 valence electrons. The van der Waals surface area contributed by atoms with Gasteiger partial charge >= 0.3 is 12.2 Å². The first kappa shape index (κ1) is 39.9. The quantitative estimate of drug-likeness (QED) is 0.120. The highest BCUT2D eigenvalue weighted by atomic mass is 16.5. The Labute approximate surface area is 336 Å². The lowest BCUT2D eigenvalue weighted by molar-refractivity contribution is -0.136. The number of benzene rings is 2. The number of ether oxygens (including phenoxy) is 2. The van der Waals surface area contributed by atoms with Crippen molar-refractivity contribution in [1.82, 2.24) is 50.3 Å². The normalized spacial score (nSPS) is 17.8. The molecule has 0 radical (unpaired) electrons. The summed E-state index contributed by atoms with van der Waals surface area (Å²) in [5, 5.41) is 5.38. The van der Waals surface area contributed by atoms with Gasteiger partial charge < -0.3 is 39.9 Å². The van der Waals surface area contributed by atoms with Gasteiger partial charge in [-0.25, -0.2) is 24.5 Å². The van der Waals surface area contributed by atoms with Crippen molar-refractivity contribution in [2.24, 2.45) is 11.8 Å². The molecule has 5 heterocycles. The van der Waals surface area contributed by atoms with Crippen molar-refractivity contribution in [3.8, 4) is 33.8 Å². The molecule has 0 aliphatic carbocycles. The van der Waals surface area contributed by atoms with E-state index in [9.17, 15) is 19.2 Å². The number of imidazole rings is 2. The van der Waals surface area contributed by atoms with Crippen LogP contribution in [0.1, 0.15) is 77.1 Å². The second-order valence-electron chi connectivity index (χ2n) is 15.5. The predicted octanol–water partition coefficient (Wildman–Crippen LogP) is 6.17. The van der Waals surface area contributed by atoms with E-state index in [0.29, 0.717) is 24.7 Å². The van der Waals surface area contributed by atoms with Crippen molar-refractivity contribution in [3.05, 3.63) is 72.7 Å². The van der Waals surface area contributed by atoms with Gasteiger partial charge in [-0.05, 0) is 55.2 Å². The molecule has 58 heavy (non-hydrogen) atoms.